The normalized spacial score (nSPS) is 10.8. The Morgan fingerprint density at radius 2 is 1.91 bits per heavy atom. The number of hydrogen-bond donors (Lipinski definition) is 3. The van der Waals surface area contributed by atoms with Gasteiger partial charge in [0.05, 0.1) is 13.5 Å². The molecule has 0 atom stereocenters. The number of amides is 1. The van der Waals surface area contributed by atoms with Crippen LogP contribution in [-0.4, -0.2) is 29.1 Å². The predicted molar refractivity (Wildman–Crippen MR) is 130 cm³/mol. The number of aryl methyl sites for hydroxylation is 2. The number of carbonyl (C=O) groups excluding carboxylic acids is 1. The van der Waals surface area contributed by atoms with Gasteiger partial charge in [0, 0.05) is 23.4 Å². The van der Waals surface area contributed by atoms with Gasteiger partial charge in [-0.15, -0.1) is 0 Å². The van der Waals surface area contributed by atoms with Crippen molar-refractivity contribution < 1.29 is 23.8 Å². The Morgan fingerprint density at radius 1 is 1.09 bits per heavy atom. The fourth-order valence-electron chi connectivity index (χ4n) is 3.69. The molecule has 8 heteroatoms. The van der Waals surface area contributed by atoms with Gasteiger partial charge in [-0.05, 0) is 48.7 Å². The summed E-state index contributed by atoms with van der Waals surface area (Å²) in [5.41, 5.74) is 5.13. The molecule has 0 aliphatic heterocycles. The highest BCUT2D eigenvalue weighted by Crippen LogP contribution is 2.33. The fourth-order valence-corrected chi connectivity index (χ4v) is 3.69. The first-order valence-electron chi connectivity index (χ1n) is 10.8. The van der Waals surface area contributed by atoms with Gasteiger partial charge in [0.1, 0.15) is 5.52 Å². The highest BCUT2D eigenvalue weighted by molar-refractivity contribution is 5.94. The van der Waals surface area contributed by atoms with E-state index < -0.39 is 5.97 Å². The zero-order valence-electron chi connectivity index (χ0n) is 18.9. The van der Waals surface area contributed by atoms with Crippen molar-refractivity contribution in [2.24, 2.45) is 0 Å². The first kappa shape index (κ1) is 22.8. The molecule has 3 N–H and O–H groups in total. The molecule has 0 saturated heterocycles. The van der Waals surface area contributed by atoms with Crippen LogP contribution in [0.1, 0.15) is 23.1 Å². The van der Waals surface area contributed by atoms with E-state index in [0.717, 1.165) is 16.8 Å². The Kier molecular flexibility index (Phi) is 6.77. The van der Waals surface area contributed by atoms with Gasteiger partial charge in [0.15, 0.2) is 11.3 Å². The lowest BCUT2D eigenvalue weighted by molar-refractivity contribution is -0.137. The molecule has 1 heterocycles. The molecule has 3 aromatic carbocycles. The number of anilines is 3. The van der Waals surface area contributed by atoms with Crippen molar-refractivity contribution in [1.82, 2.24) is 4.98 Å². The SMILES string of the molecule is COc1c(CC(=O)Nc2cccc(CCC(=O)O)c2)ccc2nc(Nc3ccccc3C)oc12. The van der Waals surface area contributed by atoms with Crippen LogP contribution in [0.2, 0.25) is 0 Å². The Labute approximate surface area is 196 Å². The van der Waals surface area contributed by atoms with E-state index in [2.05, 4.69) is 15.6 Å². The quantitative estimate of drug-likeness (QED) is 0.320. The summed E-state index contributed by atoms with van der Waals surface area (Å²) in [6, 6.07) is 18.9. The standard InChI is InChI=1S/C26H25N3O5/c1-16-6-3-4-9-20(16)28-26-29-21-12-11-18(24(33-2)25(21)34-26)15-22(30)27-19-8-5-7-17(14-19)10-13-23(31)32/h3-9,11-12,14H,10,13,15H2,1-2H3,(H,27,30)(H,28,29)(H,31,32). The number of aromatic nitrogens is 1. The van der Waals surface area contributed by atoms with Crippen LogP contribution in [0.4, 0.5) is 17.4 Å². The Hall–Kier alpha value is -4.33. The molecule has 1 aromatic heterocycles. The fraction of sp³-hybridized carbons (Fsp3) is 0.192. The Bertz CT molecular complexity index is 1350. The lowest BCUT2D eigenvalue weighted by Crippen LogP contribution is -2.15. The molecule has 0 saturated carbocycles. The van der Waals surface area contributed by atoms with E-state index in [0.29, 0.717) is 40.5 Å². The number of nitrogens with zero attached hydrogens (tertiary/aromatic N) is 1. The number of methoxy groups -OCH3 is 1. The number of benzene rings is 3. The summed E-state index contributed by atoms with van der Waals surface area (Å²) < 4.78 is 11.5. The number of carbonyl (C=O) groups is 2. The third-order valence-electron chi connectivity index (χ3n) is 5.37. The second-order valence-corrected chi connectivity index (χ2v) is 7.88. The monoisotopic (exact) mass is 459 g/mol. The highest BCUT2D eigenvalue weighted by atomic mass is 16.5. The lowest BCUT2D eigenvalue weighted by atomic mass is 10.1. The average molecular weight is 460 g/mol. The van der Waals surface area contributed by atoms with E-state index in [4.69, 9.17) is 14.3 Å². The summed E-state index contributed by atoms with van der Waals surface area (Å²) in [5, 5.41) is 14.9. The van der Waals surface area contributed by atoms with Crippen molar-refractivity contribution >= 4 is 40.4 Å². The molecular weight excluding hydrogens is 434 g/mol. The van der Waals surface area contributed by atoms with Gasteiger partial charge >= 0.3 is 5.97 Å². The molecule has 1 amide bonds. The maximum Gasteiger partial charge on any atom is 0.303 e. The van der Waals surface area contributed by atoms with Crippen molar-refractivity contribution in [2.75, 3.05) is 17.7 Å². The molecule has 4 aromatic rings. The van der Waals surface area contributed by atoms with Crippen molar-refractivity contribution in [3.8, 4) is 5.75 Å². The van der Waals surface area contributed by atoms with Gasteiger partial charge in [-0.2, -0.15) is 4.98 Å². The van der Waals surface area contributed by atoms with Crippen LogP contribution in [0, 0.1) is 6.92 Å². The number of rotatable bonds is 9. The second kappa shape index (κ2) is 10.1. The van der Waals surface area contributed by atoms with Crippen molar-refractivity contribution in [1.29, 1.82) is 0 Å². The minimum Gasteiger partial charge on any atom is -0.492 e. The minimum absolute atomic E-state index is 0.0342. The third kappa shape index (κ3) is 5.35. The van der Waals surface area contributed by atoms with E-state index in [9.17, 15) is 9.59 Å². The van der Waals surface area contributed by atoms with E-state index >= 15 is 0 Å². The number of nitrogens with one attached hydrogen (secondary N) is 2. The van der Waals surface area contributed by atoms with Gasteiger partial charge in [-0.1, -0.05) is 36.4 Å². The summed E-state index contributed by atoms with van der Waals surface area (Å²) in [6.07, 6.45) is 0.500. The first-order valence-corrected chi connectivity index (χ1v) is 10.8. The summed E-state index contributed by atoms with van der Waals surface area (Å²) in [7, 11) is 1.53. The average Bonchev–Trinajstić information content (AvgIpc) is 3.22. The highest BCUT2D eigenvalue weighted by Gasteiger charge is 2.18. The molecular formula is C26H25N3O5. The molecule has 0 aliphatic carbocycles. The van der Waals surface area contributed by atoms with Gasteiger partial charge in [-0.25, -0.2) is 0 Å². The van der Waals surface area contributed by atoms with E-state index in [1.807, 2.05) is 37.3 Å². The van der Waals surface area contributed by atoms with Gasteiger partial charge in [0.25, 0.3) is 6.01 Å². The number of ether oxygens (including phenoxy) is 1. The molecule has 4 rings (SSSR count). The molecule has 0 unspecified atom stereocenters. The molecule has 34 heavy (non-hydrogen) atoms. The summed E-state index contributed by atoms with van der Waals surface area (Å²) in [5.74, 6) is -0.638. The van der Waals surface area contributed by atoms with Crippen LogP contribution >= 0.6 is 0 Å². The van der Waals surface area contributed by atoms with Crippen LogP contribution in [0.3, 0.4) is 0 Å². The number of para-hydroxylation sites is 1. The summed E-state index contributed by atoms with van der Waals surface area (Å²) in [4.78, 5) is 28.0. The van der Waals surface area contributed by atoms with Gasteiger partial charge in [-0.3, -0.25) is 9.59 Å². The summed E-state index contributed by atoms with van der Waals surface area (Å²) >= 11 is 0. The molecule has 0 bridgehead atoms. The van der Waals surface area contributed by atoms with Crippen LogP contribution in [-0.2, 0) is 22.4 Å². The van der Waals surface area contributed by atoms with E-state index in [-0.39, 0.29) is 18.7 Å². The maximum absolute atomic E-state index is 12.7. The number of carboxylic acids is 1. The second-order valence-electron chi connectivity index (χ2n) is 7.88. The molecule has 0 spiro atoms. The Morgan fingerprint density at radius 3 is 2.68 bits per heavy atom. The van der Waals surface area contributed by atoms with Crippen LogP contribution in [0.25, 0.3) is 11.1 Å². The number of oxazole rings is 1. The smallest absolute Gasteiger partial charge is 0.303 e. The Balaban J connectivity index is 1.50. The molecule has 0 fully saturated rings. The number of carboxylic acid groups (broad SMARTS) is 1. The predicted octanol–water partition coefficient (Wildman–Crippen LogP) is 5.09. The first-order chi connectivity index (χ1) is 16.4. The van der Waals surface area contributed by atoms with Crippen molar-refractivity contribution in [2.45, 2.75) is 26.2 Å². The van der Waals surface area contributed by atoms with Crippen molar-refractivity contribution in [3.05, 3.63) is 77.4 Å². The zero-order chi connectivity index (χ0) is 24.1. The topological polar surface area (TPSA) is 114 Å². The largest absolute Gasteiger partial charge is 0.492 e. The third-order valence-corrected chi connectivity index (χ3v) is 5.37. The maximum atomic E-state index is 12.7. The molecule has 0 aliphatic rings. The molecule has 174 valence electrons. The zero-order valence-corrected chi connectivity index (χ0v) is 18.9. The van der Waals surface area contributed by atoms with Crippen LogP contribution < -0.4 is 15.4 Å². The number of hydrogen-bond acceptors (Lipinski definition) is 6. The lowest BCUT2D eigenvalue weighted by Gasteiger charge is -2.10. The minimum atomic E-state index is -0.860. The van der Waals surface area contributed by atoms with Crippen LogP contribution in [0.15, 0.2) is 65.1 Å². The number of aliphatic carboxylic acids is 1. The molecule has 8 nitrogen and oxygen atoms in total. The van der Waals surface area contributed by atoms with Crippen molar-refractivity contribution in [3.63, 3.8) is 0 Å². The molecule has 0 radical (unpaired) electrons. The van der Waals surface area contributed by atoms with Gasteiger partial charge < -0.3 is 24.9 Å². The number of fused-ring (bicyclic) bond motifs is 1. The van der Waals surface area contributed by atoms with Gasteiger partial charge in [0.2, 0.25) is 5.91 Å². The van der Waals surface area contributed by atoms with E-state index in [1.165, 1.54) is 7.11 Å². The van der Waals surface area contributed by atoms with Crippen LogP contribution in [0.5, 0.6) is 5.75 Å². The summed E-state index contributed by atoms with van der Waals surface area (Å²) in [6.45, 7) is 1.99. The van der Waals surface area contributed by atoms with E-state index in [1.54, 1.807) is 30.3 Å².